The molecule has 0 aliphatic heterocycles. The first-order chi connectivity index (χ1) is 11.8. The molecule has 0 fully saturated rings. The molecule has 3 aromatic rings. The Kier molecular flexibility index (Phi) is 4.89. The molecule has 4 nitrogen and oxygen atoms in total. The molecule has 0 spiro atoms. The average Bonchev–Trinajstić information content (AvgIpc) is 2.99. The number of para-hydroxylation sites is 2. The van der Waals surface area contributed by atoms with Gasteiger partial charge in [0.25, 0.3) is 0 Å². The third-order valence-corrected chi connectivity index (χ3v) is 5.11. The molecule has 1 atom stereocenters. The van der Waals surface area contributed by atoms with Gasteiger partial charge in [-0.25, -0.2) is 4.98 Å². The van der Waals surface area contributed by atoms with Crippen molar-refractivity contribution in [3.63, 3.8) is 0 Å². The van der Waals surface area contributed by atoms with Crippen LogP contribution in [0.2, 0.25) is 0 Å². The molecular formula is C17H16F3N3OS. The molecule has 0 unspecified atom stereocenters. The minimum atomic E-state index is -4.20. The Morgan fingerprint density at radius 1 is 1.20 bits per heavy atom. The van der Waals surface area contributed by atoms with Gasteiger partial charge in [-0.3, -0.25) is 9.19 Å². The first-order valence-electron chi connectivity index (χ1n) is 7.67. The van der Waals surface area contributed by atoms with E-state index in [9.17, 15) is 17.4 Å². The number of hydrogen-bond acceptors (Lipinski definition) is 3. The van der Waals surface area contributed by atoms with Gasteiger partial charge in [0, 0.05) is 12.6 Å². The fourth-order valence-corrected chi connectivity index (χ4v) is 3.65. The van der Waals surface area contributed by atoms with Gasteiger partial charge >= 0.3 is 6.18 Å². The van der Waals surface area contributed by atoms with Crippen molar-refractivity contribution in [1.29, 1.82) is 0 Å². The highest BCUT2D eigenvalue weighted by Gasteiger charge is 2.27. The normalized spacial score (nSPS) is 13.3. The molecule has 8 heteroatoms. The number of alkyl halides is 3. The summed E-state index contributed by atoms with van der Waals surface area (Å²) in [6.07, 6.45) is -3.73. The molecule has 0 aliphatic rings. The summed E-state index contributed by atoms with van der Waals surface area (Å²) in [5, 5.41) is 0.336. The summed E-state index contributed by atoms with van der Waals surface area (Å²) < 4.78 is 49.9. The molecular weight excluding hydrogens is 351 g/mol. The molecule has 0 saturated heterocycles. The van der Waals surface area contributed by atoms with Crippen LogP contribution in [0.25, 0.3) is 11.0 Å². The van der Waals surface area contributed by atoms with Gasteiger partial charge < -0.3 is 4.98 Å². The number of aromatic amines is 1. The average molecular weight is 367 g/mol. The molecule has 0 amide bonds. The molecule has 132 valence electrons. The fraction of sp³-hybridized carbons (Fsp3) is 0.294. The second-order valence-corrected chi connectivity index (χ2v) is 7.07. The van der Waals surface area contributed by atoms with E-state index in [1.165, 1.54) is 6.20 Å². The van der Waals surface area contributed by atoms with E-state index >= 15 is 0 Å². The van der Waals surface area contributed by atoms with Crippen LogP contribution in [0.1, 0.15) is 23.2 Å². The maximum Gasteiger partial charge on any atom is 0.389 e. The van der Waals surface area contributed by atoms with E-state index in [2.05, 4.69) is 15.0 Å². The van der Waals surface area contributed by atoms with Gasteiger partial charge in [0.05, 0.1) is 33.3 Å². The number of fused-ring (bicyclic) bond motifs is 1. The van der Waals surface area contributed by atoms with Crippen LogP contribution in [0, 0.1) is 6.92 Å². The van der Waals surface area contributed by atoms with Crippen molar-refractivity contribution in [2.24, 2.45) is 0 Å². The van der Waals surface area contributed by atoms with Crippen molar-refractivity contribution in [1.82, 2.24) is 15.0 Å². The molecule has 3 rings (SSSR count). The summed E-state index contributed by atoms with van der Waals surface area (Å²) in [6.45, 7) is 1.71. The maximum atomic E-state index is 12.6. The lowest BCUT2D eigenvalue weighted by molar-refractivity contribution is -0.134. The summed E-state index contributed by atoms with van der Waals surface area (Å²) in [5.74, 6) is 0.103. The SMILES string of the molecule is Cc1c(CCC(F)(F)F)ccnc1C[S@@](=O)c1nc2ccccc2[nH]1. The highest BCUT2D eigenvalue weighted by molar-refractivity contribution is 7.84. The van der Waals surface area contributed by atoms with Gasteiger partial charge in [0.15, 0.2) is 5.16 Å². The number of aromatic nitrogens is 3. The van der Waals surface area contributed by atoms with E-state index in [4.69, 9.17) is 0 Å². The lowest BCUT2D eigenvalue weighted by Crippen LogP contribution is -2.10. The number of aryl methyl sites for hydroxylation is 1. The molecule has 0 aliphatic carbocycles. The Morgan fingerprint density at radius 2 is 1.96 bits per heavy atom. The highest BCUT2D eigenvalue weighted by Crippen LogP contribution is 2.24. The molecule has 0 saturated carbocycles. The summed E-state index contributed by atoms with van der Waals surface area (Å²) in [4.78, 5) is 11.5. The van der Waals surface area contributed by atoms with E-state index in [0.29, 0.717) is 22.0 Å². The van der Waals surface area contributed by atoms with Crippen molar-refractivity contribution in [3.05, 3.63) is 53.3 Å². The zero-order chi connectivity index (χ0) is 18.0. The van der Waals surface area contributed by atoms with E-state index in [0.717, 1.165) is 11.0 Å². The summed E-state index contributed by atoms with van der Waals surface area (Å²) in [7, 11) is -1.46. The maximum absolute atomic E-state index is 12.6. The van der Waals surface area contributed by atoms with Gasteiger partial charge in [-0.2, -0.15) is 13.2 Å². The van der Waals surface area contributed by atoms with Crippen molar-refractivity contribution in [2.45, 2.75) is 36.9 Å². The zero-order valence-electron chi connectivity index (χ0n) is 13.4. The number of hydrogen-bond donors (Lipinski definition) is 1. The van der Waals surface area contributed by atoms with Gasteiger partial charge in [-0.05, 0) is 42.7 Å². The van der Waals surface area contributed by atoms with E-state index in [-0.39, 0.29) is 12.2 Å². The summed E-state index contributed by atoms with van der Waals surface area (Å²) in [5.41, 5.74) is 3.25. The Balaban J connectivity index is 1.79. The van der Waals surface area contributed by atoms with Crippen molar-refractivity contribution < 1.29 is 17.4 Å². The first kappa shape index (κ1) is 17.6. The second kappa shape index (κ2) is 6.95. The molecule has 25 heavy (non-hydrogen) atoms. The molecule has 2 heterocycles. The van der Waals surface area contributed by atoms with Crippen LogP contribution in [-0.2, 0) is 23.0 Å². The Bertz CT molecular complexity index is 888. The first-order valence-corrected chi connectivity index (χ1v) is 8.98. The topological polar surface area (TPSA) is 58.6 Å². The van der Waals surface area contributed by atoms with Crippen LogP contribution in [0.5, 0.6) is 0 Å². The van der Waals surface area contributed by atoms with Crippen LogP contribution in [0.15, 0.2) is 41.7 Å². The molecule has 0 radical (unpaired) electrons. The molecule has 0 bridgehead atoms. The van der Waals surface area contributed by atoms with Gasteiger partial charge in [-0.1, -0.05) is 12.1 Å². The molecule has 1 N–H and O–H groups in total. The van der Waals surface area contributed by atoms with Crippen LogP contribution >= 0.6 is 0 Å². The predicted octanol–water partition coefficient (Wildman–Crippen LogP) is 4.07. The smallest absolute Gasteiger partial charge is 0.331 e. The quantitative estimate of drug-likeness (QED) is 0.740. The number of imidazole rings is 1. The van der Waals surface area contributed by atoms with Gasteiger partial charge in [0.2, 0.25) is 0 Å². The van der Waals surface area contributed by atoms with E-state index < -0.39 is 23.4 Å². The third kappa shape index (κ3) is 4.25. The van der Waals surface area contributed by atoms with Crippen molar-refractivity contribution in [2.75, 3.05) is 0 Å². The Morgan fingerprint density at radius 3 is 2.68 bits per heavy atom. The summed E-state index contributed by atoms with van der Waals surface area (Å²) in [6, 6.07) is 8.92. The fourth-order valence-electron chi connectivity index (χ4n) is 2.55. The highest BCUT2D eigenvalue weighted by atomic mass is 32.2. The van der Waals surface area contributed by atoms with Crippen LogP contribution in [-0.4, -0.2) is 25.3 Å². The summed E-state index contributed by atoms with van der Waals surface area (Å²) >= 11 is 0. The minimum absolute atomic E-state index is 0.103. The number of nitrogens with zero attached hydrogens (tertiary/aromatic N) is 2. The zero-order valence-corrected chi connectivity index (χ0v) is 14.2. The standard InChI is InChI=1S/C17H16F3N3OS/c1-11-12(6-8-17(18,19)20)7-9-21-15(11)10-25(24)16-22-13-4-2-3-5-14(13)23-16/h2-5,7,9H,6,8,10H2,1H3,(H,22,23)/t25-/m1/s1. The van der Waals surface area contributed by atoms with E-state index in [1.54, 1.807) is 13.0 Å². The van der Waals surface area contributed by atoms with Crippen LogP contribution < -0.4 is 0 Å². The third-order valence-electron chi connectivity index (χ3n) is 3.95. The Labute approximate surface area is 145 Å². The molecule has 2 aromatic heterocycles. The van der Waals surface area contributed by atoms with Crippen molar-refractivity contribution in [3.8, 4) is 0 Å². The lowest BCUT2D eigenvalue weighted by Gasteiger charge is -2.11. The Hall–Kier alpha value is -2.22. The largest absolute Gasteiger partial charge is 0.389 e. The molecule has 1 aromatic carbocycles. The van der Waals surface area contributed by atoms with Gasteiger partial charge in [0.1, 0.15) is 0 Å². The minimum Gasteiger partial charge on any atom is -0.331 e. The number of halogens is 3. The number of H-pyrrole nitrogens is 1. The lowest BCUT2D eigenvalue weighted by atomic mass is 10.0. The number of benzene rings is 1. The van der Waals surface area contributed by atoms with Crippen LogP contribution in [0.4, 0.5) is 13.2 Å². The van der Waals surface area contributed by atoms with E-state index in [1.807, 2.05) is 24.3 Å². The monoisotopic (exact) mass is 367 g/mol. The van der Waals surface area contributed by atoms with Gasteiger partial charge in [-0.15, -0.1) is 0 Å². The van der Waals surface area contributed by atoms with Crippen LogP contribution in [0.3, 0.4) is 0 Å². The predicted molar refractivity (Wildman–Crippen MR) is 89.6 cm³/mol. The van der Waals surface area contributed by atoms with Crippen molar-refractivity contribution >= 4 is 21.8 Å². The number of rotatable bonds is 5. The second-order valence-electron chi connectivity index (χ2n) is 5.71. The number of pyridine rings is 1. The number of nitrogens with one attached hydrogen (secondary N) is 1.